The van der Waals surface area contributed by atoms with Crippen molar-refractivity contribution in [3.05, 3.63) is 11.6 Å². The molecular formula is C7H10F2O2. The quantitative estimate of drug-likeness (QED) is 0.585. The highest BCUT2D eigenvalue weighted by molar-refractivity contribution is 5.20. The van der Waals surface area contributed by atoms with Gasteiger partial charge in [0.1, 0.15) is 0 Å². The van der Waals surface area contributed by atoms with Crippen molar-refractivity contribution in [3.63, 3.8) is 0 Å². The molecule has 0 radical (unpaired) electrons. The Kier molecular flexibility index (Phi) is 10.3. The molecule has 0 amide bonds. The average Bonchev–Trinajstić information content (AvgIpc) is 1.88. The van der Waals surface area contributed by atoms with Crippen molar-refractivity contribution in [3.8, 4) is 0 Å². The van der Waals surface area contributed by atoms with E-state index in [-0.39, 0.29) is 6.15 Å². The Hall–Kier alpha value is -1.02. The van der Waals surface area contributed by atoms with Crippen molar-refractivity contribution >= 4 is 6.15 Å². The van der Waals surface area contributed by atoms with E-state index in [2.05, 4.69) is 0 Å². The molecule has 11 heavy (non-hydrogen) atoms. The number of carbonyl (C=O) groups excluding carboxylic acids is 2. The van der Waals surface area contributed by atoms with Crippen LogP contribution in [-0.4, -0.2) is 12.6 Å². The second-order valence-electron chi connectivity index (χ2n) is 1.78. The molecule has 0 N–H and O–H groups in total. The molecule has 0 aromatic carbocycles. The minimum absolute atomic E-state index is 0.250. The number of allylic oxidation sites excluding steroid dienone is 2. The first-order valence-corrected chi connectivity index (χ1v) is 3.03. The van der Waals surface area contributed by atoms with Gasteiger partial charge in [-0.05, 0) is 19.4 Å². The molecule has 0 heterocycles. The highest BCUT2D eigenvalue weighted by Gasteiger charge is 1.94. The van der Waals surface area contributed by atoms with E-state index in [1.165, 1.54) is 0 Å². The normalized spacial score (nSPS) is 10.1. The zero-order valence-electron chi connectivity index (χ0n) is 6.43. The molecule has 0 aliphatic heterocycles. The highest BCUT2D eigenvalue weighted by atomic mass is 19.3. The summed E-state index contributed by atoms with van der Waals surface area (Å²) in [4.78, 5) is 16.2. The summed E-state index contributed by atoms with van der Waals surface area (Å²) in [6.07, 6.45) is -0.348. The summed E-state index contributed by atoms with van der Waals surface area (Å²) in [5.41, 5.74) is 0.750. The highest BCUT2D eigenvalue weighted by Crippen LogP contribution is 2.03. The lowest BCUT2D eigenvalue weighted by Gasteiger charge is -1.91. The Morgan fingerprint density at radius 3 is 2.00 bits per heavy atom. The molecule has 0 unspecified atom stereocenters. The van der Waals surface area contributed by atoms with Crippen LogP contribution in [0.5, 0.6) is 0 Å². The predicted molar refractivity (Wildman–Crippen MR) is 35.1 cm³/mol. The lowest BCUT2D eigenvalue weighted by atomic mass is 10.2. The molecule has 0 atom stereocenters. The van der Waals surface area contributed by atoms with Crippen LogP contribution in [0, 0.1) is 0 Å². The molecule has 0 rings (SSSR count). The second-order valence-corrected chi connectivity index (χ2v) is 1.78. The molecule has 4 heteroatoms. The molecule has 0 aromatic heterocycles. The van der Waals surface area contributed by atoms with Crippen LogP contribution in [0.4, 0.5) is 8.78 Å². The maximum Gasteiger partial charge on any atom is 0.373 e. The molecule has 0 aromatic rings. The summed E-state index contributed by atoms with van der Waals surface area (Å²) < 4.78 is 22.8. The van der Waals surface area contributed by atoms with Gasteiger partial charge in [0.15, 0.2) is 0 Å². The van der Waals surface area contributed by atoms with E-state index < -0.39 is 6.43 Å². The van der Waals surface area contributed by atoms with Gasteiger partial charge in [0, 0.05) is 0 Å². The minimum atomic E-state index is -2.28. The Morgan fingerprint density at radius 2 is 1.91 bits per heavy atom. The smallest absolute Gasteiger partial charge is 0.206 e. The molecule has 0 aliphatic carbocycles. The maximum atomic E-state index is 11.4. The minimum Gasteiger partial charge on any atom is -0.206 e. The van der Waals surface area contributed by atoms with Crippen LogP contribution in [0.15, 0.2) is 11.6 Å². The van der Waals surface area contributed by atoms with Gasteiger partial charge >= 0.3 is 6.15 Å². The number of hydrogen-bond donors (Lipinski definition) is 0. The third-order valence-corrected chi connectivity index (χ3v) is 0.968. The first-order chi connectivity index (χ1) is 5.08. The van der Waals surface area contributed by atoms with E-state index in [1.54, 1.807) is 6.92 Å². The lowest BCUT2D eigenvalue weighted by molar-refractivity contribution is -0.191. The van der Waals surface area contributed by atoms with E-state index in [9.17, 15) is 8.78 Å². The summed E-state index contributed by atoms with van der Waals surface area (Å²) >= 11 is 0. The van der Waals surface area contributed by atoms with Crippen LogP contribution in [0.3, 0.4) is 0 Å². The fraction of sp³-hybridized carbons (Fsp3) is 0.571. The second kappa shape index (κ2) is 8.98. The van der Waals surface area contributed by atoms with Crippen LogP contribution in [0.2, 0.25) is 0 Å². The van der Waals surface area contributed by atoms with Crippen molar-refractivity contribution in [2.24, 2.45) is 0 Å². The van der Waals surface area contributed by atoms with Crippen molar-refractivity contribution in [2.75, 3.05) is 0 Å². The maximum absolute atomic E-state index is 11.4. The van der Waals surface area contributed by atoms with Crippen molar-refractivity contribution in [1.82, 2.24) is 0 Å². The monoisotopic (exact) mass is 164 g/mol. The van der Waals surface area contributed by atoms with Gasteiger partial charge in [-0.3, -0.25) is 0 Å². The average molecular weight is 164 g/mol. The lowest BCUT2D eigenvalue weighted by Crippen LogP contribution is -1.83. The van der Waals surface area contributed by atoms with E-state index in [0.717, 1.165) is 11.6 Å². The first-order valence-electron chi connectivity index (χ1n) is 3.03. The molecule has 0 spiro atoms. The Bertz CT molecular complexity index is 147. The number of halogens is 2. The van der Waals surface area contributed by atoms with Gasteiger partial charge in [-0.25, -0.2) is 8.78 Å². The summed E-state index contributed by atoms with van der Waals surface area (Å²) in [5.74, 6) is 0. The number of hydrogen-bond acceptors (Lipinski definition) is 2. The van der Waals surface area contributed by atoms with E-state index in [4.69, 9.17) is 9.59 Å². The summed E-state index contributed by atoms with van der Waals surface area (Å²) in [6, 6.07) is 0. The van der Waals surface area contributed by atoms with Gasteiger partial charge in [0.2, 0.25) is 0 Å². The zero-order valence-corrected chi connectivity index (χ0v) is 6.43. The molecule has 0 fully saturated rings. The molecular weight excluding hydrogens is 154 g/mol. The molecule has 0 saturated carbocycles. The van der Waals surface area contributed by atoms with Crippen molar-refractivity contribution < 1.29 is 18.4 Å². The van der Waals surface area contributed by atoms with Gasteiger partial charge in [0.25, 0.3) is 6.43 Å². The third-order valence-electron chi connectivity index (χ3n) is 0.968. The van der Waals surface area contributed by atoms with Crippen LogP contribution in [-0.2, 0) is 9.59 Å². The topological polar surface area (TPSA) is 34.1 Å². The number of alkyl halides is 2. The fourth-order valence-corrected chi connectivity index (χ4v) is 0.333. The molecule has 64 valence electrons. The fourth-order valence-electron chi connectivity index (χ4n) is 0.333. The molecule has 0 aliphatic rings. The van der Waals surface area contributed by atoms with Crippen molar-refractivity contribution in [2.45, 2.75) is 26.7 Å². The van der Waals surface area contributed by atoms with Gasteiger partial charge in [-0.15, -0.1) is 0 Å². The van der Waals surface area contributed by atoms with Gasteiger partial charge < -0.3 is 0 Å². The van der Waals surface area contributed by atoms with Gasteiger partial charge in [-0.1, -0.05) is 12.5 Å². The summed E-state index contributed by atoms with van der Waals surface area (Å²) in [6.45, 7) is 3.56. The zero-order chi connectivity index (χ0) is 9.28. The predicted octanol–water partition coefficient (Wildman–Crippen LogP) is 2.02. The first kappa shape index (κ1) is 12.6. The Labute approximate surface area is 63.9 Å². The number of rotatable bonds is 2. The molecule has 0 bridgehead atoms. The van der Waals surface area contributed by atoms with Crippen LogP contribution < -0.4 is 0 Å². The Balaban J connectivity index is 0. The summed E-state index contributed by atoms with van der Waals surface area (Å²) in [5, 5.41) is 0. The SMILES string of the molecule is CC/C(C)=C/C(F)F.O=C=O. The summed E-state index contributed by atoms with van der Waals surface area (Å²) in [7, 11) is 0. The molecule has 0 saturated heterocycles. The van der Waals surface area contributed by atoms with Crippen LogP contribution in [0.1, 0.15) is 20.3 Å². The van der Waals surface area contributed by atoms with Crippen LogP contribution >= 0.6 is 0 Å². The van der Waals surface area contributed by atoms with Crippen LogP contribution in [0.25, 0.3) is 0 Å². The van der Waals surface area contributed by atoms with E-state index >= 15 is 0 Å². The van der Waals surface area contributed by atoms with Gasteiger partial charge in [-0.2, -0.15) is 9.59 Å². The van der Waals surface area contributed by atoms with E-state index in [0.29, 0.717) is 6.42 Å². The standard InChI is InChI=1S/C6H10F2.CO2/c1-3-5(2)4-6(7)8;2-1-3/h4,6H,3H2,1-2H3;/b5-4+;. The Morgan fingerprint density at radius 1 is 1.55 bits per heavy atom. The van der Waals surface area contributed by atoms with Gasteiger partial charge in [0.05, 0.1) is 0 Å². The third kappa shape index (κ3) is 17.6. The molecule has 2 nitrogen and oxygen atoms in total. The van der Waals surface area contributed by atoms with Crippen molar-refractivity contribution in [1.29, 1.82) is 0 Å². The largest absolute Gasteiger partial charge is 0.373 e. The van der Waals surface area contributed by atoms with E-state index in [1.807, 2.05) is 6.92 Å².